The molecule has 6 nitrogen and oxygen atoms in total. The van der Waals surface area contributed by atoms with Crippen LogP contribution in [0.3, 0.4) is 0 Å². The normalized spacial score (nSPS) is 20.2. The summed E-state index contributed by atoms with van der Waals surface area (Å²) in [6.45, 7) is 6.30. The molecule has 3 rings (SSSR count). The standard InChI is InChI=1S/C14H24N6/c1-3-11-12(16-10-4-5-10)17-14(15)18-13(11)20-8-6-19(2)7-9-20/h10H,3-9H2,1-2H3,(H3,15,16,17,18). The van der Waals surface area contributed by atoms with Crippen LogP contribution in [0.2, 0.25) is 0 Å². The SMILES string of the molecule is CCc1c(NC2CC2)nc(N)nc1N1CCN(C)CC1. The Morgan fingerprint density at radius 1 is 1.20 bits per heavy atom. The zero-order valence-electron chi connectivity index (χ0n) is 12.4. The molecule has 1 aromatic rings. The van der Waals surface area contributed by atoms with Crippen molar-refractivity contribution >= 4 is 17.6 Å². The summed E-state index contributed by atoms with van der Waals surface area (Å²) in [7, 11) is 2.16. The molecule has 0 unspecified atom stereocenters. The number of aromatic nitrogens is 2. The largest absolute Gasteiger partial charge is 0.368 e. The maximum atomic E-state index is 5.91. The molecule has 0 aromatic carbocycles. The van der Waals surface area contributed by atoms with Gasteiger partial charge in [0, 0.05) is 37.8 Å². The van der Waals surface area contributed by atoms with E-state index in [2.05, 4.69) is 39.1 Å². The smallest absolute Gasteiger partial charge is 0.223 e. The van der Waals surface area contributed by atoms with Gasteiger partial charge in [0.2, 0.25) is 5.95 Å². The molecule has 110 valence electrons. The zero-order chi connectivity index (χ0) is 14.1. The van der Waals surface area contributed by atoms with E-state index < -0.39 is 0 Å². The zero-order valence-corrected chi connectivity index (χ0v) is 12.4. The monoisotopic (exact) mass is 276 g/mol. The van der Waals surface area contributed by atoms with Gasteiger partial charge in [0.15, 0.2) is 0 Å². The first-order chi connectivity index (χ1) is 9.67. The van der Waals surface area contributed by atoms with Gasteiger partial charge in [-0.1, -0.05) is 6.92 Å². The second-order valence-corrected chi connectivity index (χ2v) is 5.80. The van der Waals surface area contributed by atoms with Crippen molar-refractivity contribution in [3.05, 3.63) is 5.56 Å². The highest BCUT2D eigenvalue weighted by molar-refractivity contribution is 5.62. The molecule has 20 heavy (non-hydrogen) atoms. The molecular weight excluding hydrogens is 252 g/mol. The van der Waals surface area contributed by atoms with Crippen LogP contribution in [0.5, 0.6) is 0 Å². The maximum Gasteiger partial charge on any atom is 0.223 e. The Morgan fingerprint density at radius 3 is 2.50 bits per heavy atom. The van der Waals surface area contributed by atoms with Gasteiger partial charge in [-0.15, -0.1) is 0 Å². The van der Waals surface area contributed by atoms with E-state index in [0.717, 1.165) is 44.2 Å². The highest BCUT2D eigenvalue weighted by Gasteiger charge is 2.26. The van der Waals surface area contributed by atoms with E-state index in [1.807, 2.05) is 0 Å². The molecule has 0 radical (unpaired) electrons. The molecule has 2 aliphatic rings. The fourth-order valence-corrected chi connectivity index (χ4v) is 2.63. The van der Waals surface area contributed by atoms with Crippen LogP contribution in [-0.4, -0.2) is 54.1 Å². The van der Waals surface area contributed by atoms with Crippen molar-refractivity contribution in [2.24, 2.45) is 0 Å². The van der Waals surface area contributed by atoms with Crippen molar-refractivity contribution in [1.29, 1.82) is 0 Å². The molecule has 2 fully saturated rings. The highest BCUT2D eigenvalue weighted by atomic mass is 15.3. The van der Waals surface area contributed by atoms with Crippen LogP contribution in [0.15, 0.2) is 0 Å². The topological polar surface area (TPSA) is 70.3 Å². The lowest BCUT2D eigenvalue weighted by Crippen LogP contribution is -2.45. The number of rotatable bonds is 4. The number of nitrogen functional groups attached to an aromatic ring is 1. The predicted octanol–water partition coefficient (Wildman–Crippen LogP) is 0.947. The van der Waals surface area contributed by atoms with E-state index >= 15 is 0 Å². The molecule has 3 N–H and O–H groups in total. The molecule has 1 aliphatic heterocycles. The molecular formula is C14H24N6. The van der Waals surface area contributed by atoms with E-state index in [1.165, 1.54) is 18.4 Å². The van der Waals surface area contributed by atoms with Crippen molar-refractivity contribution in [3.63, 3.8) is 0 Å². The first-order valence-corrected chi connectivity index (χ1v) is 7.53. The van der Waals surface area contributed by atoms with Gasteiger partial charge in [0.25, 0.3) is 0 Å². The summed E-state index contributed by atoms with van der Waals surface area (Å²) in [6, 6.07) is 0.579. The summed E-state index contributed by atoms with van der Waals surface area (Å²) < 4.78 is 0. The van der Waals surface area contributed by atoms with Gasteiger partial charge < -0.3 is 20.9 Å². The molecule has 0 amide bonds. The Balaban J connectivity index is 1.89. The maximum absolute atomic E-state index is 5.91. The Kier molecular flexibility index (Phi) is 3.65. The molecule has 1 aromatic heterocycles. The lowest BCUT2D eigenvalue weighted by molar-refractivity contribution is 0.312. The highest BCUT2D eigenvalue weighted by Crippen LogP contribution is 2.31. The van der Waals surface area contributed by atoms with Crippen LogP contribution in [0, 0.1) is 0 Å². The Bertz CT molecular complexity index is 477. The van der Waals surface area contributed by atoms with Crippen molar-refractivity contribution in [3.8, 4) is 0 Å². The Labute approximate surface area is 120 Å². The van der Waals surface area contributed by atoms with Crippen LogP contribution >= 0.6 is 0 Å². The van der Waals surface area contributed by atoms with E-state index in [4.69, 9.17) is 5.73 Å². The molecule has 1 aliphatic carbocycles. The lowest BCUT2D eigenvalue weighted by atomic mass is 10.2. The third kappa shape index (κ3) is 2.80. The number of nitrogens with one attached hydrogen (secondary N) is 1. The molecule has 1 saturated carbocycles. The summed E-state index contributed by atoms with van der Waals surface area (Å²) in [5.74, 6) is 2.34. The summed E-state index contributed by atoms with van der Waals surface area (Å²) >= 11 is 0. The van der Waals surface area contributed by atoms with Crippen LogP contribution in [0.25, 0.3) is 0 Å². The van der Waals surface area contributed by atoms with Gasteiger partial charge in [-0.25, -0.2) is 0 Å². The van der Waals surface area contributed by atoms with E-state index in [-0.39, 0.29) is 0 Å². The van der Waals surface area contributed by atoms with Gasteiger partial charge >= 0.3 is 0 Å². The van der Waals surface area contributed by atoms with Crippen LogP contribution in [0.1, 0.15) is 25.3 Å². The number of hydrogen-bond acceptors (Lipinski definition) is 6. The average Bonchev–Trinajstić information content (AvgIpc) is 3.23. The van der Waals surface area contributed by atoms with Crippen molar-refractivity contribution in [2.45, 2.75) is 32.2 Å². The average molecular weight is 276 g/mol. The van der Waals surface area contributed by atoms with Gasteiger partial charge in [0.05, 0.1) is 0 Å². The molecule has 1 saturated heterocycles. The van der Waals surface area contributed by atoms with E-state index in [1.54, 1.807) is 0 Å². The van der Waals surface area contributed by atoms with Crippen molar-refractivity contribution < 1.29 is 0 Å². The second-order valence-electron chi connectivity index (χ2n) is 5.80. The predicted molar refractivity (Wildman–Crippen MR) is 82.2 cm³/mol. The van der Waals surface area contributed by atoms with E-state index in [0.29, 0.717) is 12.0 Å². The van der Waals surface area contributed by atoms with Crippen LogP contribution in [-0.2, 0) is 6.42 Å². The number of hydrogen-bond donors (Lipinski definition) is 2. The summed E-state index contributed by atoms with van der Waals surface area (Å²) in [4.78, 5) is 13.6. The fourth-order valence-electron chi connectivity index (χ4n) is 2.63. The van der Waals surface area contributed by atoms with Gasteiger partial charge in [-0.2, -0.15) is 9.97 Å². The number of likely N-dealkylation sites (N-methyl/N-ethyl adjacent to an activating group) is 1. The van der Waals surface area contributed by atoms with E-state index in [9.17, 15) is 0 Å². The number of anilines is 3. The second kappa shape index (κ2) is 5.44. The van der Waals surface area contributed by atoms with Gasteiger partial charge in [0.1, 0.15) is 11.6 Å². The van der Waals surface area contributed by atoms with Crippen molar-refractivity contribution in [2.75, 3.05) is 49.2 Å². The van der Waals surface area contributed by atoms with Gasteiger partial charge in [-0.3, -0.25) is 0 Å². The van der Waals surface area contributed by atoms with Crippen LogP contribution in [0.4, 0.5) is 17.6 Å². The minimum Gasteiger partial charge on any atom is -0.368 e. The number of nitrogens with zero attached hydrogens (tertiary/aromatic N) is 4. The third-order valence-corrected chi connectivity index (χ3v) is 4.08. The van der Waals surface area contributed by atoms with Gasteiger partial charge in [-0.05, 0) is 26.3 Å². The molecule has 0 spiro atoms. The number of piperazine rings is 1. The minimum atomic E-state index is 0.374. The molecule has 0 bridgehead atoms. The molecule has 0 atom stereocenters. The lowest BCUT2D eigenvalue weighted by Gasteiger charge is -2.34. The molecule has 6 heteroatoms. The summed E-state index contributed by atoms with van der Waals surface area (Å²) in [6.07, 6.45) is 3.39. The third-order valence-electron chi connectivity index (χ3n) is 4.08. The molecule has 2 heterocycles. The number of nitrogens with two attached hydrogens (primary N) is 1. The minimum absolute atomic E-state index is 0.374. The summed E-state index contributed by atoms with van der Waals surface area (Å²) in [5.41, 5.74) is 7.12. The van der Waals surface area contributed by atoms with Crippen molar-refractivity contribution in [1.82, 2.24) is 14.9 Å². The van der Waals surface area contributed by atoms with Crippen LogP contribution < -0.4 is 16.0 Å². The summed E-state index contributed by atoms with van der Waals surface area (Å²) in [5, 5.41) is 3.50. The Morgan fingerprint density at radius 2 is 1.90 bits per heavy atom. The quantitative estimate of drug-likeness (QED) is 0.853. The Hall–Kier alpha value is -1.56. The first kappa shape index (κ1) is 13.4. The first-order valence-electron chi connectivity index (χ1n) is 7.53. The fraction of sp³-hybridized carbons (Fsp3) is 0.714.